The smallest absolute Gasteiger partial charge is 0.224 e. The fourth-order valence-electron chi connectivity index (χ4n) is 1.03. The van der Waals surface area contributed by atoms with Crippen molar-refractivity contribution in [2.45, 2.75) is 4.90 Å². The third-order valence-corrected chi connectivity index (χ3v) is 3.28. The highest BCUT2D eigenvalue weighted by Crippen LogP contribution is 2.10. The number of halogens is 1. The van der Waals surface area contributed by atoms with Gasteiger partial charge in [-0.05, 0) is 15.9 Å². The Hall–Kier alpha value is -1.28. The summed E-state index contributed by atoms with van der Waals surface area (Å²) in [4.78, 5) is 8.12. The summed E-state index contributed by atoms with van der Waals surface area (Å²) in [5.74, 6) is 0.318. The maximum absolute atomic E-state index is 11.2. The standard InChI is InChI=1S/C8H7BrN4O2S/c1-16(14,15)7-4-12-13(5-7)8-10-2-6(9)3-11-8/h2-5H,1H3. The number of hydrogen-bond donors (Lipinski definition) is 0. The summed E-state index contributed by atoms with van der Waals surface area (Å²) < 4.78 is 24.5. The fraction of sp³-hybridized carbons (Fsp3) is 0.125. The highest BCUT2D eigenvalue weighted by Gasteiger charge is 2.11. The van der Waals surface area contributed by atoms with Crippen molar-refractivity contribution in [3.8, 4) is 5.95 Å². The van der Waals surface area contributed by atoms with Gasteiger partial charge in [0.05, 0.1) is 16.9 Å². The summed E-state index contributed by atoms with van der Waals surface area (Å²) in [7, 11) is -3.25. The Morgan fingerprint density at radius 3 is 2.38 bits per heavy atom. The van der Waals surface area contributed by atoms with Crippen LogP contribution in [0.2, 0.25) is 0 Å². The Bertz CT molecular complexity index is 605. The first kappa shape index (κ1) is 11.2. The highest BCUT2D eigenvalue weighted by atomic mass is 79.9. The second kappa shape index (κ2) is 3.95. The first-order valence-corrected chi connectivity index (χ1v) is 6.88. The van der Waals surface area contributed by atoms with Gasteiger partial charge < -0.3 is 0 Å². The van der Waals surface area contributed by atoms with Gasteiger partial charge in [-0.15, -0.1) is 0 Å². The minimum atomic E-state index is -3.25. The normalized spacial score (nSPS) is 11.6. The molecule has 0 bridgehead atoms. The molecule has 0 aliphatic carbocycles. The number of hydrogen-bond acceptors (Lipinski definition) is 5. The van der Waals surface area contributed by atoms with Crippen LogP contribution in [0.4, 0.5) is 0 Å². The molecule has 2 heterocycles. The van der Waals surface area contributed by atoms with Crippen molar-refractivity contribution in [1.29, 1.82) is 0 Å². The molecule has 0 atom stereocenters. The molecule has 0 N–H and O–H groups in total. The van der Waals surface area contributed by atoms with E-state index in [9.17, 15) is 8.42 Å². The van der Waals surface area contributed by atoms with E-state index < -0.39 is 9.84 Å². The molecule has 0 saturated carbocycles. The predicted molar refractivity (Wildman–Crippen MR) is 60.0 cm³/mol. The van der Waals surface area contributed by atoms with Crippen molar-refractivity contribution in [3.05, 3.63) is 29.3 Å². The molecule has 2 aromatic rings. The van der Waals surface area contributed by atoms with Gasteiger partial charge in [0.25, 0.3) is 5.95 Å². The Kier molecular flexibility index (Phi) is 2.76. The van der Waals surface area contributed by atoms with Gasteiger partial charge >= 0.3 is 0 Å². The maximum Gasteiger partial charge on any atom is 0.250 e. The summed E-state index contributed by atoms with van der Waals surface area (Å²) >= 11 is 3.20. The minimum absolute atomic E-state index is 0.138. The van der Waals surface area contributed by atoms with Crippen molar-refractivity contribution >= 4 is 25.8 Å². The third-order valence-electron chi connectivity index (χ3n) is 1.80. The lowest BCUT2D eigenvalue weighted by Gasteiger charge is -1.97. The number of nitrogens with zero attached hydrogens (tertiary/aromatic N) is 4. The zero-order valence-corrected chi connectivity index (χ0v) is 10.6. The second-order valence-electron chi connectivity index (χ2n) is 3.09. The van der Waals surface area contributed by atoms with Crippen molar-refractivity contribution in [2.75, 3.05) is 6.26 Å². The SMILES string of the molecule is CS(=O)(=O)c1cnn(-c2ncc(Br)cn2)c1. The van der Waals surface area contributed by atoms with Gasteiger partial charge in [0.15, 0.2) is 9.84 Å². The molecule has 84 valence electrons. The van der Waals surface area contributed by atoms with E-state index in [-0.39, 0.29) is 4.90 Å². The van der Waals surface area contributed by atoms with Gasteiger partial charge in [-0.3, -0.25) is 0 Å². The predicted octanol–water partition coefficient (Wildman–Crippen LogP) is 0.828. The molecule has 0 unspecified atom stereocenters. The van der Waals surface area contributed by atoms with E-state index in [1.807, 2.05) is 0 Å². The summed E-state index contributed by atoms with van der Waals surface area (Å²) in [6, 6.07) is 0. The lowest BCUT2D eigenvalue weighted by atomic mass is 10.7. The van der Waals surface area contributed by atoms with Crippen molar-refractivity contribution < 1.29 is 8.42 Å². The summed E-state index contributed by atoms with van der Waals surface area (Å²) in [6.07, 6.45) is 6.88. The van der Waals surface area contributed by atoms with Crippen molar-refractivity contribution in [2.24, 2.45) is 0 Å². The molecular weight excluding hydrogens is 296 g/mol. The van der Waals surface area contributed by atoms with Crippen LogP contribution in [-0.4, -0.2) is 34.4 Å². The molecule has 2 rings (SSSR count). The van der Waals surface area contributed by atoms with Crippen LogP contribution in [0.3, 0.4) is 0 Å². The highest BCUT2D eigenvalue weighted by molar-refractivity contribution is 9.10. The van der Waals surface area contributed by atoms with Crippen LogP contribution < -0.4 is 0 Å². The summed E-state index contributed by atoms with van der Waals surface area (Å²) in [6.45, 7) is 0. The topological polar surface area (TPSA) is 77.7 Å². The molecule has 0 amide bonds. The van der Waals surface area contributed by atoms with Crippen LogP contribution in [0, 0.1) is 0 Å². The van der Waals surface area contributed by atoms with Crippen molar-refractivity contribution in [3.63, 3.8) is 0 Å². The third kappa shape index (κ3) is 2.27. The molecule has 16 heavy (non-hydrogen) atoms. The van der Waals surface area contributed by atoms with E-state index in [0.717, 1.165) is 10.7 Å². The number of rotatable bonds is 2. The first-order valence-electron chi connectivity index (χ1n) is 4.19. The Morgan fingerprint density at radius 2 is 1.88 bits per heavy atom. The molecule has 0 aliphatic heterocycles. The van der Waals surface area contributed by atoms with Gasteiger partial charge in [-0.1, -0.05) is 0 Å². The van der Waals surface area contributed by atoms with Crippen LogP contribution in [-0.2, 0) is 9.84 Å². The van der Waals surface area contributed by atoms with E-state index in [2.05, 4.69) is 31.0 Å². The van der Waals surface area contributed by atoms with E-state index in [1.54, 1.807) is 12.4 Å². The largest absolute Gasteiger partial charge is 0.250 e. The molecule has 0 aromatic carbocycles. The fourth-order valence-corrected chi connectivity index (χ4v) is 1.77. The van der Waals surface area contributed by atoms with Crippen LogP contribution >= 0.6 is 15.9 Å². The second-order valence-corrected chi connectivity index (χ2v) is 6.03. The van der Waals surface area contributed by atoms with Gasteiger partial charge in [0.2, 0.25) is 0 Å². The summed E-state index contributed by atoms with van der Waals surface area (Å²) in [5, 5.41) is 3.88. The quantitative estimate of drug-likeness (QED) is 0.821. The van der Waals surface area contributed by atoms with Crippen LogP contribution in [0.25, 0.3) is 5.95 Å². The average molecular weight is 303 g/mol. The zero-order chi connectivity index (χ0) is 11.8. The monoisotopic (exact) mass is 302 g/mol. The lowest BCUT2D eigenvalue weighted by molar-refractivity contribution is 0.602. The van der Waals surface area contributed by atoms with E-state index >= 15 is 0 Å². The van der Waals surface area contributed by atoms with Gasteiger partial charge in [-0.25, -0.2) is 23.1 Å². The first-order chi connectivity index (χ1) is 7.47. The minimum Gasteiger partial charge on any atom is -0.224 e. The molecule has 8 heteroatoms. The van der Waals surface area contributed by atoms with E-state index in [0.29, 0.717) is 5.95 Å². The molecule has 6 nitrogen and oxygen atoms in total. The number of aromatic nitrogens is 4. The Balaban J connectivity index is 2.43. The Labute approximate surface area is 100 Å². The van der Waals surface area contributed by atoms with Crippen LogP contribution in [0.15, 0.2) is 34.2 Å². The average Bonchev–Trinajstić information content (AvgIpc) is 2.67. The van der Waals surface area contributed by atoms with Gasteiger partial charge in [0, 0.05) is 18.6 Å². The van der Waals surface area contributed by atoms with Crippen molar-refractivity contribution in [1.82, 2.24) is 19.7 Å². The molecular formula is C8H7BrN4O2S. The summed E-state index contributed by atoms with van der Waals surface area (Å²) in [5.41, 5.74) is 0. The Morgan fingerprint density at radius 1 is 1.25 bits per heavy atom. The van der Waals surface area contributed by atoms with E-state index in [1.165, 1.54) is 17.1 Å². The molecule has 2 aromatic heterocycles. The molecule has 0 saturated heterocycles. The molecule has 0 fully saturated rings. The van der Waals surface area contributed by atoms with Crippen LogP contribution in [0.5, 0.6) is 0 Å². The molecule has 0 radical (unpaired) electrons. The zero-order valence-electron chi connectivity index (χ0n) is 8.20. The van der Waals surface area contributed by atoms with Gasteiger partial charge in [-0.2, -0.15) is 5.10 Å². The lowest BCUT2D eigenvalue weighted by Crippen LogP contribution is -2.01. The molecule has 0 aliphatic rings. The van der Waals surface area contributed by atoms with E-state index in [4.69, 9.17) is 0 Å². The maximum atomic E-state index is 11.2. The molecule has 0 spiro atoms. The van der Waals surface area contributed by atoms with Gasteiger partial charge in [0.1, 0.15) is 4.90 Å². The van der Waals surface area contributed by atoms with Crippen LogP contribution in [0.1, 0.15) is 0 Å². The number of sulfone groups is 1.